The average molecular weight is 718 g/mol. The first kappa shape index (κ1) is 33.4. The van der Waals surface area contributed by atoms with Crippen LogP contribution in [0.2, 0.25) is 0 Å². The fourth-order valence-electron chi connectivity index (χ4n) is 8.65. The second-order valence-electron chi connectivity index (χ2n) is 14.2. The molecule has 0 saturated carbocycles. The molecule has 3 heterocycles. The molecule has 3 aliphatic heterocycles. The summed E-state index contributed by atoms with van der Waals surface area (Å²) >= 11 is 0. The van der Waals surface area contributed by atoms with Crippen LogP contribution in [0.1, 0.15) is 39.9 Å². The summed E-state index contributed by atoms with van der Waals surface area (Å²) in [6.45, 7) is 4.87. The molecule has 1 unspecified atom stereocenters. The molecule has 0 amide bonds. The summed E-state index contributed by atoms with van der Waals surface area (Å²) in [4.78, 5) is 18.2. The predicted molar refractivity (Wildman–Crippen MR) is 214 cm³/mol. The number of piperazine rings is 1. The number of esters is 1. The molecule has 6 nitrogen and oxygen atoms in total. The van der Waals surface area contributed by atoms with E-state index in [1.165, 1.54) is 15.9 Å². The van der Waals surface area contributed by atoms with Crippen molar-refractivity contribution in [2.75, 3.05) is 43.8 Å². The molecule has 1 fully saturated rings. The van der Waals surface area contributed by atoms with E-state index in [1.807, 2.05) is 30.3 Å². The Labute approximate surface area is 311 Å². The molecule has 53 heavy (non-hydrogen) atoms. The zero-order valence-corrected chi connectivity index (χ0v) is 30.5. The van der Waals surface area contributed by atoms with Crippen molar-refractivity contribution in [3.05, 3.63) is 174 Å². The van der Waals surface area contributed by atoms with E-state index in [1.54, 1.807) is 18.2 Å². The molecule has 1 N–H and O–H groups in total. The summed E-state index contributed by atoms with van der Waals surface area (Å²) in [5, 5.41) is 14.7. The second-order valence-corrected chi connectivity index (χ2v) is 17.8. The third-order valence-corrected chi connectivity index (χ3v) is 15.8. The Hall–Kier alpha value is -5.42. The van der Waals surface area contributed by atoms with Crippen LogP contribution in [0.3, 0.4) is 0 Å². The smallest absolute Gasteiger partial charge is 0.340 e. The molecular formula is C46H42N2O4P+. The van der Waals surface area contributed by atoms with E-state index >= 15 is 0 Å². The minimum absolute atomic E-state index is 0.0972. The third kappa shape index (κ3) is 5.78. The Morgan fingerprint density at radius 3 is 1.81 bits per heavy atom. The first-order chi connectivity index (χ1) is 26.1. The van der Waals surface area contributed by atoms with Gasteiger partial charge in [0.05, 0.1) is 11.7 Å². The molecule has 0 bridgehead atoms. The van der Waals surface area contributed by atoms with Crippen molar-refractivity contribution in [2.45, 2.75) is 18.4 Å². The van der Waals surface area contributed by atoms with Gasteiger partial charge < -0.3 is 19.5 Å². The normalized spacial score (nSPS) is 17.8. The number of carbonyl (C=O) groups excluding carboxylic acids is 1. The predicted octanol–water partition coefficient (Wildman–Crippen LogP) is 7.86. The maximum Gasteiger partial charge on any atom is 0.340 e. The number of phenols is 1. The van der Waals surface area contributed by atoms with Crippen molar-refractivity contribution in [1.82, 2.24) is 4.90 Å². The summed E-state index contributed by atoms with van der Waals surface area (Å²) in [5.74, 6) is 0.859. The van der Waals surface area contributed by atoms with Gasteiger partial charge in [-0.1, -0.05) is 72.8 Å². The Balaban J connectivity index is 0.902. The van der Waals surface area contributed by atoms with Crippen LogP contribution < -0.4 is 25.6 Å². The highest BCUT2D eigenvalue weighted by molar-refractivity contribution is 7.95. The summed E-state index contributed by atoms with van der Waals surface area (Å²) in [5.41, 5.74) is 2.77. The molecule has 1 atom stereocenters. The topological polar surface area (TPSA) is 62.2 Å². The SMILES string of the molecule is O=C1OC2(c3ccc(O)cc3Oc3cc(N4CCN(CCCC[P+](c5ccccc5)(c5ccccc5)c5ccccc5)CC4)ccc32)c2ccccc21. The molecule has 7 heteroatoms. The van der Waals surface area contributed by atoms with Crippen molar-refractivity contribution in [1.29, 1.82) is 0 Å². The van der Waals surface area contributed by atoms with Crippen LogP contribution in [0, 0.1) is 0 Å². The van der Waals surface area contributed by atoms with E-state index in [4.69, 9.17) is 9.47 Å². The molecule has 6 aromatic rings. The molecule has 0 aromatic heterocycles. The number of nitrogens with zero attached hydrogens (tertiary/aromatic N) is 2. The van der Waals surface area contributed by atoms with Gasteiger partial charge in [0.15, 0.2) is 5.60 Å². The standard InChI is InChI=1S/C46H41N2O4P/c49-35-23-25-42-44(33-35)51-43-32-34(22-24-41(43)46(42)40-21-11-10-20-39(40)45(50)52-46)48-29-27-47(28-30-48)26-12-13-31-53(36-14-4-1-5-15-36,37-16-6-2-7-17-37)38-18-8-3-9-19-38/h1-11,14-25,32-33H,12-13,26-31H2/p+1. The van der Waals surface area contributed by atoms with E-state index in [2.05, 4.69) is 113 Å². The molecule has 264 valence electrons. The monoisotopic (exact) mass is 717 g/mol. The second kappa shape index (κ2) is 13.9. The Kier molecular flexibility index (Phi) is 8.73. The third-order valence-electron chi connectivity index (χ3n) is 11.2. The molecule has 0 aliphatic carbocycles. The van der Waals surface area contributed by atoms with E-state index in [0.29, 0.717) is 22.6 Å². The van der Waals surface area contributed by atoms with Crippen LogP contribution in [0.15, 0.2) is 152 Å². The van der Waals surface area contributed by atoms with Crippen molar-refractivity contribution in [2.24, 2.45) is 0 Å². The Morgan fingerprint density at radius 2 is 1.17 bits per heavy atom. The highest BCUT2D eigenvalue weighted by Crippen LogP contribution is 2.58. The van der Waals surface area contributed by atoms with Crippen LogP contribution >= 0.6 is 7.26 Å². The highest BCUT2D eigenvalue weighted by Gasteiger charge is 2.53. The number of fused-ring (bicyclic) bond motifs is 6. The number of rotatable bonds is 9. The number of anilines is 1. The fraction of sp³-hybridized carbons (Fsp3) is 0.196. The molecule has 1 spiro atoms. The number of ether oxygens (including phenoxy) is 2. The van der Waals surface area contributed by atoms with Crippen molar-refractivity contribution in [3.63, 3.8) is 0 Å². The minimum atomic E-state index is -1.82. The van der Waals surface area contributed by atoms with Crippen LogP contribution in [0.4, 0.5) is 5.69 Å². The number of hydrogen-bond donors (Lipinski definition) is 1. The van der Waals surface area contributed by atoms with Gasteiger partial charge in [-0.3, -0.25) is 4.90 Å². The van der Waals surface area contributed by atoms with Crippen LogP contribution in [0.25, 0.3) is 0 Å². The van der Waals surface area contributed by atoms with Gasteiger partial charge in [-0.05, 0) is 86.1 Å². The van der Waals surface area contributed by atoms with Crippen LogP contribution in [0.5, 0.6) is 17.2 Å². The highest BCUT2D eigenvalue weighted by atomic mass is 31.2. The van der Waals surface area contributed by atoms with Gasteiger partial charge in [0.2, 0.25) is 0 Å². The van der Waals surface area contributed by atoms with Crippen molar-refractivity contribution < 1.29 is 19.4 Å². The van der Waals surface area contributed by atoms with Crippen molar-refractivity contribution in [3.8, 4) is 17.2 Å². The van der Waals surface area contributed by atoms with E-state index in [9.17, 15) is 9.90 Å². The molecule has 0 radical (unpaired) electrons. The van der Waals surface area contributed by atoms with Crippen LogP contribution in [-0.2, 0) is 10.3 Å². The molecular weight excluding hydrogens is 675 g/mol. The minimum Gasteiger partial charge on any atom is -0.508 e. The lowest BCUT2D eigenvalue weighted by Gasteiger charge is -2.39. The fourth-order valence-corrected chi connectivity index (χ4v) is 13.1. The van der Waals surface area contributed by atoms with Gasteiger partial charge >= 0.3 is 5.97 Å². The maximum atomic E-state index is 13.2. The molecule has 3 aliphatic rings. The summed E-state index contributed by atoms with van der Waals surface area (Å²) in [7, 11) is -1.82. The zero-order valence-electron chi connectivity index (χ0n) is 29.6. The van der Waals surface area contributed by atoms with Crippen molar-refractivity contribution >= 4 is 34.8 Å². The van der Waals surface area contributed by atoms with Gasteiger partial charge in [0, 0.05) is 60.7 Å². The summed E-state index contributed by atoms with van der Waals surface area (Å²) in [6, 6.07) is 52.3. The Morgan fingerprint density at radius 1 is 0.604 bits per heavy atom. The zero-order chi connectivity index (χ0) is 35.8. The van der Waals surface area contributed by atoms with E-state index in [-0.39, 0.29) is 11.7 Å². The molecule has 6 aromatic carbocycles. The molecule has 1 saturated heterocycles. The number of hydrogen-bond acceptors (Lipinski definition) is 6. The lowest BCUT2D eigenvalue weighted by atomic mass is 9.77. The molecule has 9 rings (SSSR count). The van der Waals surface area contributed by atoms with Gasteiger partial charge in [-0.2, -0.15) is 0 Å². The van der Waals surface area contributed by atoms with Gasteiger partial charge in [0.1, 0.15) is 40.4 Å². The van der Waals surface area contributed by atoms with Gasteiger partial charge in [0.25, 0.3) is 0 Å². The number of benzene rings is 6. The maximum absolute atomic E-state index is 13.2. The number of aromatic hydroxyl groups is 1. The van der Waals surface area contributed by atoms with E-state index in [0.717, 1.165) is 68.5 Å². The van der Waals surface area contributed by atoms with Gasteiger partial charge in [-0.15, -0.1) is 0 Å². The van der Waals surface area contributed by atoms with E-state index < -0.39 is 12.9 Å². The first-order valence-corrected chi connectivity index (χ1v) is 20.5. The number of unbranched alkanes of at least 4 members (excludes halogenated alkanes) is 1. The number of carbonyl (C=O) groups is 1. The van der Waals surface area contributed by atoms with Gasteiger partial charge in [-0.25, -0.2) is 4.79 Å². The lowest BCUT2D eigenvalue weighted by Crippen LogP contribution is -2.46. The largest absolute Gasteiger partial charge is 0.508 e. The lowest BCUT2D eigenvalue weighted by molar-refractivity contribution is 0.0224. The summed E-state index contributed by atoms with van der Waals surface area (Å²) in [6.07, 6.45) is 3.44. The summed E-state index contributed by atoms with van der Waals surface area (Å²) < 4.78 is 12.7. The quantitative estimate of drug-likeness (QED) is 0.0935. The first-order valence-electron chi connectivity index (χ1n) is 18.6. The Bertz CT molecular complexity index is 2160. The average Bonchev–Trinajstić information content (AvgIpc) is 3.51. The van der Waals surface area contributed by atoms with Crippen LogP contribution in [-0.4, -0.2) is 54.9 Å². The number of phenolic OH excluding ortho intramolecular Hbond substituents is 1.